The van der Waals surface area contributed by atoms with E-state index >= 15 is 0 Å². The zero-order valence-corrected chi connectivity index (χ0v) is 16.6. The van der Waals surface area contributed by atoms with Crippen LogP contribution in [0.2, 0.25) is 0 Å². The summed E-state index contributed by atoms with van der Waals surface area (Å²) in [5, 5.41) is 5.49. The molecule has 3 rings (SSSR count). The van der Waals surface area contributed by atoms with Crippen molar-refractivity contribution in [3.63, 3.8) is 0 Å². The Bertz CT molecular complexity index is 975. The van der Waals surface area contributed by atoms with Gasteiger partial charge >= 0.3 is 29.6 Å². The van der Waals surface area contributed by atoms with E-state index in [-0.39, 0.29) is 52.9 Å². The van der Waals surface area contributed by atoms with Crippen LogP contribution in [0.25, 0.3) is 6.08 Å². The van der Waals surface area contributed by atoms with E-state index in [1.165, 1.54) is 29.3 Å². The van der Waals surface area contributed by atoms with E-state index in [1.54, 1.807) is 37.3 Å². The van der Waals surface area contributed by atoms with E-state index in [9.17, 15) is 17.8 Å². The Kier molecular flexibility index (Phi) is 5.97. The standard InChI is InChI=1S/C17H14N2O4S.Na.H/c1-12-15(11-13-7-5-6-10-16(13)24(21,22)23)17(20)19(18-12)14-8-3-2-4-9-14;;/h2-11H,1H3,(H,21,22,23);;/q;+1;-1. The van der Waals surface area contributed by atoms with Gasteiger partial charge in [-0.25, -0.2) is 0 Å². The third-order valence-corrected chi connectivity index (χ3v) is 4.49. The minimum absolute atomic E-state index is 0. The Morgan fingerprint density at radius 1 is 1.08 bits per heavy atom. The predicted molar refractivity (Wildman–Crippen MR) is 92.4 cm³/mol. The van der Waals surface area contributed by atoms with Crippen LogP contribution in [0.4, 0.5) is 5.69 Å². The van der Waals surface area contributed by atoms with Crippen LogP contribution in [0.1, 0.15) is 13.9 Å². The van der Waals surface area contributed by atoms with Crippen LogP contribution < -0.4 is 34.6 Å². The van der Waals surface area contributed by atoms with Crippen molar-refractivity contribution in [1.82, 2.24) is 0 Å². The molecule has 0 bridgehead atoms. The van der Waals surface area contributed by atoms with Gasteiger partial charge in [-0.3, -0.25) is 9.35 Å². The molecular formula is C17H15N2NaO4S. The molecule has 0 unspecified atom stereocenters. The van der Waals surface area contributed by atoms with Gasteiger partial charge in [0.15, 0.2) is 0 Å². The summed E-state index contributed by atoms with van der Waals surface area (Å²) >= 11 is 0. The topological polar surface area (TPSA) is 87.0 Å². The van der Waals surface area contributed by atoms with Crippen molar-refractivity contribution < 1.29 is 48.7 Å². The zero-order chi connectivity index (χ0) is 17.3. The molecule has 2 aromatic carbocycles. The van der Waals surface area contributed by atoms with Crippen LogP contribution in [-0.4, -0.2) is 24.6 Å². The number of para-hydroxylation sites is 1. The second-order valence-electron chi connectivity index (χ2n) is 5.21. The number of nitrogens with zero attached hydrogens (tertiary/aromatic N) is 2. The van der Waals surface area contributed by atoms with Gasteiger partial charge in [0.1, 0.15) is 4.90 Å². The smallest absolute Gasteiger partial charge is 1.00 e. The van der Waals surface area contributed by atoms with Crippen molar-refractivity contribution in [2.24, 2.45) is 5.10 Å². The van der Waals surface area contributed by atoms with E-state index < -0.39 is 10.1 Å². The van der Waals surface area contributed by atoms with Gasteiger partial charge in [0.05, 0.1) is 17.0 Å². The molecule has 1 N–H and O–H groups in total. The van der Waals surface area contributed by atoms with Gasteiger partial charge in [-0.2, -0.15) is 18.5 Å². The second kappa shape index (κ2) is 7.63. The third kappa shape index (κ3) is 4.08. The molecule has 2 aromatic rings. The maximum absolute atomic E-state index is 12.6. The van der Waals surface area contributed by atoms with Crippen LogP contribution in [0.15, 0.2) is 70.2 Å². The van der Waals surface area contributed by atoms with Gasteiger partial charge in [0.2, 0.25) is 0 Å². The van der Waals surface area contributed by atoms with Gasteiger partial charge in [-0.05, 0) is 36.8 Å². The number of anilines is 1. The monoisotopic (exact) mass is 366 g/mol. The van der Waals surface area contributed by atoms with Crippen molar-refractivity contribution in [1.29, 1.82) is 0 Å². The number of carbonyl (C=O) groups is 1. The van der Waals surface area contributed by atoms with Gasteiger partial charge in [0, 0.05) is 0 Å². The average Bonchev–Trinajstić information content (AvgIpc) is 2.83. The fraction of sp³-hybridized carbons (Fsp3) is 0.0588. The summed E-state index contributed by atoms with van der Waals surface area (Å²) in [5.74, 6) is -0.358. The van der Waals surface area contributed by atoms with Crippen molar-refractivity contribution in [3.05, 3.63) is 65.7 Å². The Hall–Kier alpha value is -1.77. The van der Waals surface area contributed by atoms with Crippen molar-refractivity contribution >= 4 is 33.5 Å². The van der Waals surface area contributed by atoms with Crippen LogP contribution in [0, 0.1) is 0 Å². The zero-order valence-electron chi connectivity index (χ0n) is 14.7. The van der Waals surface area contributed by atoms with Gasteiger partial charge in [-0.15, -0.1) is 0 Å². The summed E-state index contributed by atoms with van der Waals surface area (Å²) in [6.07, 6.45) is 1.42. The molecule has 0 saturated carbocycles. The fourth-order valence-electron chi connectivity index (χ4n) is 2.42. The summed E-state index contributed by atoms with van der Waals surface area (Å²) in [6.45, 7) is 1.67. The molecular weight excluding hydrogens is 351 g/mol. The van der Waals surface area contributed by atoms with E-state index in [0.717, 1.165) is 0 Å². The molecule has 124 valence electrons. The van der Waals surface area contributed by atoms with Crippen LogP contribution in [0.5, 0.6) is 0 Å². The van der Waals surface area contributed by atoms with Crippen molar-refractivity contribution in [2.45, 2.75) is 11.8 Å². The molecule has 1 aliphatic rings. The number of carbonyl (C=O) groups excluding carboxylic acids is 1. The second-order valence-corrected chi connectivity index (χ2v) is 6.60. The predicted octanol–water partition coefficient (Wildman–Crippen LogP) is -0.144. The van der Waals surface area contributed by atoms with Gasteiger partial charge in [0.25, 0.3) is 16.0 Å². The summed E-state index contributed by atoms with van der Waals surface area (Å²) in [4.78, 5) is 12.4. The molecule has 1 amide bonds. The van der Waals surface area contributed by atoms with Crippen molar-refractivity contribution in [2.75, 3.05) is 5.01 Å². The molecule has 25 heavy (non-hydrogen) atoms. The molecule has 0 radical (unpaired) electrons. The fourth-order valence-corrected chi connectivity index (χ4v) is 3.09. The maximum Gasteiger partial charge on any atom is 1.00 e. The van der Waals surface area contributed by atoms with Crippen molar-refractivity contribution in [3.8, 4) is 0 Å². The van der Waals surface area contributed by atoms with Crippen LogP contribution in [0.3, 0.4) is 0 Å². The maximum atomic E-state index is 12.6. The molecule has 1 heterocycles. The SMILES string of the molecule is CC1=NN(c2ccccc2)C(=O)C1=Cc1ccccc1S(=O)(=O)O.[H-].[Na+]. The first-order chi connectivity index (χ1) is 11.4. The summed E-state index contributed by atoms with van der Waals surface area (Å²) in [6, 6.07) is 14.9. The average molecular weight is 366 g/mol. The van der Waals surface area contributed by atoms with E-state index in [2.05, 4.69) is 5.10 Å². The normalized spacial score (nSPS) is 15.9. The minimum Gasteiger partial charge on any atom is -1.00 e. The first kappa shape index (κ1) is 19.6. The molecule has 6 nitrogen and oxygen atoms in total. The Balaban J connectivity index is 0.00000169. The molecule has 0 saturated heterocycles. The number of rotatable bonds is 3. The van der Waals surface area contributed by atoms with E-state index in [4.69, 9.17) is 0 Å². The molecule has 8 heteroatoms. The van der Waals surface area contributed by atoms with E-state index in [0.29, 0.717) is 11.4 Å². The Labute approximate surface area is 169 Å². The first-order valence-corrected chi connectivity index (χ1v) is 8.55. The summed E-state index contributed by atoms with van der Waals surface area (Å²) < 4.78 is 32.3. The molecule has 0 fully saturated rings. The van der Waals surface area contributed by atoms with Crippen LogP contribution in [-0.2, 0) is 14.9 Å². The molecule has 0 aromatic heterocycles. The Morgan fingerprint density at radius 2 is 1.68 bits per heavy atom. The minimum atomic E-state index is -4.39. The van der Waals surface area contributed by atoms with Gasteiger partial charge in [-0.1, -0.05) is 36.4 Å². The molecule has 0 spiro atoms. The third-order valence-electron chi connectivity index (χ3n) is 3.56. The number of hydrazone groups is 1. The van der Waals surface area contributed by atoms with Crippen LogP contribution >= 0.6 is 0 Å². The summed E-state index contributed by atoms with van der Waals surface area (Å²) in [5.41, 5.74) is 1.59. The molecule has 0 aliphatic carbocycles. The largest absolute Gasteiger partial charge is 1.00 e. The van der Waals surface area contributed by atoms with E-state index in [1.807, 2.05) is 6.07 Å². The Morgan fingerprint density at radius 3 is 2.32 bits per heavy atom. The number of amides is 1. The number of hydrogen-bond acceptors (Lipinski definition) is 4. The number of hydrogen-bond donors (Lipinski definition) is 1. The quantitative estimate of drug-likeness (QED) is 0.465. The molecule has 0 atom stereocenters. The molecule has 1 aliphatic heterocycles. The summed E-state index contributed by atoms with van der Waals surface area (Å²) in [7, 11) is -4.39. The number of benzene rings is 2. The van der Waals surface area contributed by atoms with Gasteiger partial charge < -0.3 is 1.43 Å². The first-order valence-electron chi connectivity index (χ1n) is 7.11.